The Morgan fingerprint density at radius 3 is 3.00 bits per heavy atom. The van der Waals surface area contributed by atoms with Gasteiger partial charge in [-0.2, -0.15) is 0 Å². The number of ether oxygens (including phenoxy) is 1. The molecule has 1 aromatic carbocycles. The van der Waals surface area contributed by atoms with Crippen molar-refractivity contribution in [3.8, 4) is 5.75 Å². The van der Waals surface area contributed by atoms with Crippen molar-refractivity contribution in [3.05, 3.63) is 40.8 Å². The van der Waals surface area contributed by atoms with Crippen LogP contribution in [0.5, 0.6) is 5.75 Å². The van der Waals surface area contributed by atoms with E-state index in [0.29, 0.717) is 16.5 Å². The number of aliphatic imine (C=N–C) groups is 1. The second-order valence-electron chi connectivity index (χ2n) is 4.93. The minimum Gasteiger partial charge on any atom is -0.482 e. The normalized spacial score (nSPS) is 15.8. The Balaban J connectivity index is 1.60. The SMILES string of the molecule is O=C(COc1ccc(Cl)cc1Cl)N[C@@H]1C=Nc2cncnc2NC1=O. The van der Waals surface area contributed by atoms with Gasteiger partial charge in [-0.15, -0.1) is 0 Å². The maximum atomic E-state index is 12.1. The summed E-state index contributed by atoms with van der Waals surface area (Å²) in [5.41, 5.74) is 0.400. The van der Waals surface area contributed by atoms with Gasteiger partial charge in [0, 0.05) is 11.2 Å². The van der Waals surface area contributed by atoms with E-state index in [2.05, 4.69) is 25.6 Å². The van der Waals surface area contributed by atoms with Crippen LogP contribution in [0, 0.1) is 0 Å². The highest BCUT2D eigenvalue weighted by atomic mass is 35.5. The Bertz CT molecular complexity index is 859. The van der Waals surface area contributed by atoms with Crippen LogP contribution in [-0.2, 0) is 9.59 Å². The summed E-state index contributed by atoms with van der Waals surface area (Å²) in [6.45, 7) is -0.328. The number of amides is 2. The molecule has 0 radical (unpaired) electrons. The molecule has 0 aliphatic carbocycles. The Morgan fingerprint density at radius 2 is 2.20 bits per heavy atom. The molecule has 2 amide bonds. The van der Waals surface area contributed by atoms with Crippen LogP contribution in [0.15, 0.2) is 35.7 Å². The standard InChI is InChI=1S/C15H11Cl2N5O3/c16-8-1-2-12(9(17)3-8)25-6-13(23)21-11-5-19-10-4-18-7-20-14(10)22-15(11)24/h1-5,7,11H,6H2,(H,21,23)(H,18,20,22,24)/t11-/m1/s1. The molecule has 2 aromatic rings. The smallest absolute Gasteiger partial charge is 0.258 e. The van der Waals surface area contributed by atoms with Crippen molar-refractivity contribution in [1.29, 1.82) is 0 Å². The number of aromatic nitrogens is 2. The Hall–Kier alpha value is -2.71. The van der Waals surface area contributed by atoms with Crippen molar-refractivity contribution in [3.63, 3.8) is 0 Å². The first-order valence-electron chi connectivity index (χ1n) is 7.05. The lowest BCUT2D eigenvalue weighted by Gasteiger charge is -2.13. The van der Waals surface area contributed by atoms with Crippen LogP contribution in [-0.4, -0.2) is 40.6 Å². The zero-order valence-electron chi connectivity index (χ0n) is 12.6. The highest BCUT2D eigenvalue weighted by Crippen LogP contribution is 2.27. The van der Waals surface area contributed by atoms with Crippen molar-refractivity contribution in [2.24, 2.45) is 4.99 Å². The molecule has 1 aliphatic rings. The summed E-state index contributed by atoms with van der Waals surface area (Å²) in [4.78, 5) is 36.0. The molecule has 0 saturated heterocycles. The van der Waals surface area contributed by atoms with Crippen molar-refractivity contribution in [2.75, 3.05) is 11.9 Å². The molecule has 2 heterocycles. The van der Waals surface area contributed by atoms with Gasteiger partial charge in [-0.1, -0.05) is 23.2 Å². The molecular formula is C15H11Cl2N5O3. The van der Waals surface area contributed by atoms with Gasteiger partial charge in [-0.3, -0.25) is 14.6 Å². The van der Waals surface area contributed by atoms with Gasteiger partial charge in [0.2, 0.25) is 0 Å². The van der Waals surface area contributed by atoms with E-state index < -0.39 is 17.9 Å². The number of hydrogen-bond donors (Lipinski definition) is 2. The van der Waals surface area contributed by atoms with E-state index in [-0.39, 0.29) is 17.4 Å². The lowest BCUT2D eigenvalue weighted by atomic mass is 10.3. The number of halogens is 2. The Morgan fingerprint density at radius 1 is 1.36 bits per heavy atom. The van der Waals surface area contributed by atoms with Gasteiger partial charge in [0.1, 0.15) is 23.8 Å². The van der Waals surface area contributed by atoms with Crippen molar-refractivity contribution >= 4 is 52.7 Å². The van der Waals surface area contributed by atoms with Crippen LogP contribution < -0.4 is 15.4 Å². The minimum absolute atomic E-state index is 0.275. The van der Waals surface area contributed by atoms with Gasteiger partial charge in [0.15, 0.2) is 12.4 Å². The second kappa shape index (κ2) is 7.45. The predicted octanol–water partition coefficient (Wildman–Crippen LogP) is 2.00. The number of nitrogens with zero attached hydrogens (tertiary/aromatic N) is 3. The summed E-state index contributed by atoms with van der Waals surface area (Å²) in [5.74, 6) is -0.409. The van der Waals surface area contributed by atoms with Crippen LogP contribution in [0.2, 0.25) is 10.0 Å². The second-order valence-corrected chi connectivity index (χ2v) is 5.78. The van der Waals surface area contributed by atoms with Gasteiger partial charge < -0.3 is 15.4 Å². The van der Waals surface area contributed by atoms with Crippen molar-refractivity contribution in [1.82, 2.24) is 15.3 Å². The Labute approximate surface area is 152 Å². The van der Waals surface area contributed by atoms with E-state index in [1.807, 2.05) is 0 Å². The van der Waals surface area contributed by atoms with Gasteiger partial charge in [0.25, 0.3) is 11.8 Å². The zero-order chi connectivity index (χ0) is 17.8. The highest BCUT2D eigenvalue weighted by Gasteiger charge is 2.23. The van der Waals surface area contributed by atoms with E-state index in [1.54, 1.807) is 12.1 Å². The number of carbonyl (C=O) groups is 2. The number of nitrogens with one attached hydrogen (secondary N) is 2. The molecular weight excluding hydrogens is 369 g/mol. The molecule has 0 fully saturated rings. The number of benzene rings is 1. The predicted molar refractivity (Wildman–Crippen MR) is 92.7 cm³/mol. The van der Waals surface area contributed by atoms with Crippen molar-refractivity contribution in [2.45, 2.75) is 6.04 Å². The molecule has 0 saturated carbocycles. The first-order chi connectivity index (χ1) is 12.0. The molecule has 1 atom stereocenters. The summed E-state index contributed by atoms with van der Waals surface area (Å²) in [5, 5.41) is 5.80. The average Bonchev–Trinajstić information content (AvgIpc) is 2.73. The number of carbonyl (C=O) groups excluding carboxylic acids is 2. The van der Waals surface area contributed by atoms with Crippen molar-refractivity contribution < 1.29 is 14.3 Å². The van der Waals surface area contributed by atoms with E-state index in [9.17, 15) is 9.59 Å². The average molecular weight is 380 g/mol. The first kappa shape index (κ1) is 17.1. The van der Waals surface area contributed by atoms with E-state index >= 15 is 0 Å². The molecule has 3 rings (SSSR count). The van der Waals surface area contributed by atoms with Crippen LogP contribution in [0.25, 0.3) is 0 Å². The molecule has 10 heteroatoms. The summed E-state index contributed by atoms with van der Waals surface area (Å²) >= 11 is 11.8. The van der Waals surface area contributed by atoms with Gasteiger partial charge in [-0.05, 0) is 18.2 Å². The summed E-state index contributed by atoms with van der Waals surface area (Å²) in [7, 11) is 0. The van der Waals surface area contributed by atoms with Crippen LogP contribution in [0.3, 0.4) is 0 Å². The molecule has 0 spiro atoms. The van der Waals surface area contributed by atoms with E-state index in [4.69, 9.17) is 27.9 Å². The molecule has 2 N–H and O–H groups in total. The lowest BCUT2D eigenvalue weighted by molar-refractivity contribution is -0.126. The molecule has 1 aliphatic heterocycles. The third kappa shape index (κ3) is 4.23. The maximum absolute atomic E-state index is 12.1. The Kier molecular flexibility index (Phi) is 5.11. The molecule has 8 nitrogen and oxygen atoms in total. The summed E-state index contributed by atoms with van der Waals surface area (Å²) < 4.78 is 5.32. The number of anilines is 1. The molecule has 0 unspecified atom stereocenters. The molecule has 128 valence electrons. The van der Waals surface area contributed by atoms with Crippen LogP contribution >= 0.6 is 23.2 Å². The third-order valence-corrected chi connectivity index (χ3v) is 3.68. The highest BCUT2D eigenvalue weighted by molar-refractivity contribution is 6.35. The molecule has 0 bridgehead atoms. The molecule has 1 aromatic heterocycles. The molecule has 25 heavy (non-hydrogen) atoms. The largest absolute Gasteiger partial charge is 0.482 e. The van der Waals surface area contributed by atoms with Crippen LogP contribution in [0.1, 0.15) is 0 Å². The maximum Gasteiger partial charge on any atom is 0.258 e. The van der Waals surface area contributed by atoms with Gasteiger partial charge >= 0.3 is 0 Å². The minimum atomic E-state index is -0.967. The number of rotatable bonds is 4. The van der Waals surface area contributed by atoms with Gasteiger partial charge in [0.05, 0.1) is 11.2 Å². The quantitative estimate of drug-likeness (QED) is 0.844. The third-order valence-electron chi connectivity index (χ3n) is 3.15. The fourth-order valence-electron chi connectivity index (χ4n) is 1.98. The summed E-state index contributed by atoms with van der Waals surface area (Å²) in [6, 6.07) is 3.67. The topological polar surface area (TPSA) is 106 Å². The summed E-state index contributed by atoms with van der Waals surface area (Å²) in [6.07, 6.45) is 4.05. The van der Waals surface area contributed by atoms with E-state index in [1.165, 1.54) is 24.8 Å². The van der Waals surface area contributed by atoms with Crippen LogP contribution in [0.4, 0.5) is 11.5 Å². The number of hydrogen-bond acceptors (Lipinski definition) is 6. The lowest BCUT2D eigenvalue weighted by Crippen LogP contribution is -2.46. The number of fused-ring (bicyclic) bond motifs is 1. The fraction of sp³-hybridized carbons (Fsp3) is 0.133. The first-order valence-corrected chi connectivity index (χ1v) is 7.81. The van der Waals surface area contributed by atoms with Gasteiger partial charge in [-0.25, -0.2) is 9.97 Å². The monoisotopic (exact) mass is 379 g/mol. The fourth-order valence-corrected chi connectivity index (χ4v) is 2.45. The van der Waals surface area contributed by atoms with E-state index in [0.717, 1.165) is 0 Å². The zero-order valence-corrected chi connectivity index (χ0v) is 14.1.